The third kappa shape index (κ3) is 1.82. The molecule has 0 aromatic carbocycles. The van der Waals surface area contributed by atoms with Gasteiger partial charge in [0.15, 0.2) is 11.6 Å². The van der Waals surface area contributed by atoms with Gasteiger partial charge in [-0.25, -0.2) is 9.67 Å². The fraction of sp³-hybridized carbons (Fsp3) is 0. The Kier molecular flexibility index (Phi) is 2.39. The van der Waals surface area contributed by atoms with E-state index in [1.807, 2.05) is 6.07 Å². The lowest BCUT2D eigenvalue weighted by molar-refractivity contribution is 0.851. The first-order valence-corrected chi connectivity index (χ1v) is 4.87. The number of rotatable bonds is 1. The van der Waals surface area contributed by atoms with Crippen molar-refractivity contribution in [2.24, 2.45) is 0 Å². The largest absolute Gasteiger partial charge is 0.381 e. The molecule has 0 atom stereocenters. The zero-order valence-corrected chi connectivity index (χ0v) is 9.14. The number of anilines is 1. The number of nitrogens with two attached hydrogens (primary N) is 1. The first-order chi connectivity index (χ1) is 7.20. The first-order valence-electron chi connectivity index (χ1n) is 4.08. The zero-order chi connectivity index (χ0) is 10.8. The molecule has 0 aliphatic heterocycles. The van der Waals surface area contributed by atoms with Crippen molar-refractivity contribution in [3.8, 4) is 11.9 Å². The zero-order valence-electron chi connectivity index (χ0n) is 7.55. The molecule has 15 heavy (non-hydrogen) atoms. The predicted octanol–water partition coefficient (Wildman–Crippen LogP) is 1.48. The molecule has 0 amide bonds. The van der Waals surface area contributed by atoms with Gasteiger partial charge in [0.05, 0.1) is 10.0 Å². The minimum absolute atomic E-state index is 0.404. The Balaban J connectivity index is 2.42. The molecule has 0 unspecified atom stereocenters. The molecule has 2 N–H and O–H groups in total. The highest BCUT2D eigenvalue weighted by molar-refractivity contribution is 9.10. The van der Waals surface area contributed by atoms with E-state index in [-0.39, 0.29) is 0 Å². The van der Waals surface area contributed by atoms with E-state index in [1.165, 1.54) is 6.20 Å². The SMILES string of the molecule is N#Cc1ccc(-n2cc(Br)c(N)n2)nc1. The van der Waals surface area contributed by atoms with Crippen molar-refractivity contribution in [2.45, 2.75) is 0 Å². The molecular weight excluding hydrogens is 258 g/mol. The number of hydrogen-bond acceptors (Lipinski definition) is 4. The number of nitrogens with zero attached hydrogens (tertiary/aromatic N) is 4. The summed E-state index contributed by atoms with van der Waals surface area (Å²) in [4.78, 5) is 4.08. The van der Waals surface area contributed by atoms with Crippen LogP contribution in [0, 0.1) is 11.3 Å². The quantitative estimate of drug-likeness (QED) is 0.845. The Bertz CT molecular complexity index is 503. The summed E-state index contributed by atoms with van der Waals surface area (Å²) in [5.41, 5.74) is 6.09. The van der Waals surface area contributed by atoms with Crippen molar-refractivity contribution in [3.63, 3.8) is 0 Å². The van der Waals surface area contributed by atoms with E-state index < -0.39 is 0 Å². The normalized spacial score (nSPS) is 9.87. The molecule has 0 saturated heterocycles. The van der Waals surface area contributed by atoms with E-state index in [4.69, 9.17) is 11.0 Å². The van der Waals surface area contributed by atoms with Crippen LogP contribution in [0.5, 0.6) is 0 Å². The molecule has 74 valence electrons. The van der Waals surface area contributed by atoms with Crippen LogP contribution in [0.2, 0.25) is 0 Å². The van der Waals surface area contributed by atoms with Crippen molar-refractivity contribution in [2.75, 3.05) is 5.73 Å². The van der Waals surface area contributed by atoms with Crippen molar-refractivity contribution >= 4 is 21.7 Å². The van der Waals surface area contributed by atoms with Gasteiger partial charge in [-0.2, -0.15) is 5.26 Å². The second-order valence-electron chi connectivity index (χ2n) is 2.82. The summed E-state index contributed by atoms with van der Waals surface area (Å²) in [6.07, 6.45) is 3.20. The Hall–Kier alpha value is -1.87. The number of halogens is 1. The van der Waals surface area contributed by atoms with Gasteiger partial charge in [0.1, 0.15) is 6.07 Å². The molecule has 0 fully saturated rings. The number of nitrogen functional groups attached to an aromatic ring is 1. The van der Waals surface area contributed by atoms with Gasteiger partial charge in [-0.15, -0.1) is 5.10 Å². The minimum Gasteiger partial charge on any atom is -0.381 e. The van der Waals surface area contributed by atoms with Crippen LogP contribution in [0.3, 0.4) is 0 Å². The van der Waals surface area contributed by atoms with Crippen LogP contribution >= 0.6 is 15.9 Å². The second kappa shape index (κ2) is 3.71. The molecule has 2 aromatic heterocycles. The summed E-state index contributed by atoms with van der Waals surface area (Å²) < 4.78 is 2.26. The van der Waals surface area contributed by atoms with E-state index in [1.54, 1.807) is 23.0 Å². The van der Waals surface area contributed by atoms with Gasteiger partial charge < -0.3 is 5.73 Å². The first kappa shape index (κ1) is 9.68. The third-order valence-corrected chi connectivity index (χ3v) is 2.42. The predicted molar refractivity (Wildman–Crippen MR) is 58.2 cm³/mol. The van der Waals surface area contributed by atoms with Gasteiger partial charge in [0.25, 0.3) is 0 Å². The van der Waals surface area contributed by atoms with Gasteiger partial charge in [-0.1, -0.05) is 0 Å². The highest BCUT2D eigenvalue weighted by Crippen LogP contribution is 2.18. The molecular formula is C9H6BrN5. The van der Waals surface area contributed by atoms with Crippen LogP contribution in [0.1, 0.15) is 5.56 Å². The molecule has 0 radical (unpaired) electrons. The minimum atomic E-state index is 0.404. The lowest BCUT2D eigenvalue weighted by Gasteiger charge is -1.98. The van der Waals surface area contributed by atoms with Crippen LogP contribution < -0.4 is 5.73 Å². The summed E-state index contributed by atoms with van der Waals surface area (Å²) in [6, 6.07) is 5.38. The average Bonchev–Trinajstić information content (AvgIpc) is 2.59. The molecule has 2 heterocycles. The van der Waals surface area contributed by atoms with Crippen molar-refractivity contribution in [1.29, 1.82) is 5.26 Å². The standard InChI is InChI=1S/C9H6BrN5/c10-7-5-15(14-9(7)12)8-2-1-6(3-11)4-13-8/h1-2,4-5H,(H2,12,14). The molecule has 0 aliphatic rings. The van der Waals surface area contributed by atoms with Crippen LogP contribution in [-0.4, -0.2) is 14.8 Å². The highest BCUT2D eigenvalue weighted by atomic mass is 79.9. The maximum Gasteiger partial charge on any atom is 0.160 e. The van der Waals surface area contributed by atoms with Crippen molar-refractivity contribution in [1.82, 2.24) is 14.8 Å². The van der Waals surface area contributed by atoms with Crippen LogP contribution in [0.15, 0.2) is 29.0 Å². The summed E-state index contributed by atoms with van der Waals surface area (Å²) in [5, 5.41) is 12.6. The second-order valence-corrected chi connectivity index (χ2v) is 3.68. The van der Waals surface area contributed by atoms with Crippen LogP contribution in [0.4, 0.5) is 5.82 Å². The average molecular weight is 264 g/mol. The molecule has 2 rings (SSSR count). The van der Waals surface area contributed by atoms with Gasteiger partial charge >= 0.3 is 0 Å². The van der Waals surface area contributed by atoms with Crippen molar-refractivity contribution < 1.29 is 0 Å². The van der Waals surface area contributed by atoms with Crippen LogP contribution in [0.25, 0.3) is 5.82 Å². The van der Waals surface area contributed by atoms with Gasteiger partial charge in [0.2, 0.25) is 0 Å². The monoisotopic (exact) mass is 263 g/mol. The van der Waals surface area contributed by atoms with Gasteiger partial charge in [-0.05, 0) is 28.1 Å². The summed E-state index contributed by atoms with van der Waals surface area (Å²) >= 11 is 3.25. The van der Waals surface area contributed by atoms with E-state index >= 15 is 0 Å². The fourth-order valence-corrected chi connectivity index (χ4v) is 1.34. The molecule has 0 spiro atoms. The molecule has 0 aliphatic carbocycles. The number of hydrogen-bond donors (Lipinski definition) is 1. The van der Waals surface area contributed by atoms with E-state index in [2.05, 4.69) is 26.0 Å². The Morgan fingerprint density at radius 1 is 1.47 bits per heavy atom. The highest BCUT2D eigenvalue weighted by Gasteiger charge is 2.04. The van der Waals surface area contributed by atoms with Gasteiger partial charge in [-0.3, -0.25) is 0 Å². The molecule has 6 heteroatoms. The van der Waals surface area contributed by atoms with E-state index in [0.29, 0.717) is 21.7 Å². The van der Waals surface area contributed by atoms with Crippen molar-refractivity contribution in [3.05, 3.63) is 34.6 Å². The number of nitriles is 1. The Morgan fingerprint density at radius 2 is 2.27 bits per heavy atom. The molecule has 0 saturated carbocycles. The topological polar surface area (TPSA) is 80.5 Å². The molecule has 0 bridgehead atoms. The molecule has 5 nitrogen and oxygen atoms in total. The van der Waals surface area contributed by atoms with E-state index in [9.17, 15) is 0 Å². The van der Waals surface area contributed by atoms with Gasteiger partial charge in [0, 0.05) is 12.4 Å². The van der Waals surface area contributed by atoms with E-state index in [0.717, 1.165) is 0 Å². The lowest BCUT2D eigenvalue weighted by atomic mass is 10.3. The molecule has 2 aromatic rings. The maximum atomic E-state index is 8.61. The summed E-state index contributed by atoms with van der Waals surface area (Å²) in [7, 11) is 0. The summed E-state index contributed by atoms with van der Waals surface area (Å²) in [6.45, 7) is 0. The maximum absolute atomic E-state index is 8.61. The Labute approximate surface area is 94.3 Å². The lowest BCUT2D eigenvalue weighted by Crippen LogP contribution is -1.98. The van der Waals surface area contributed by atoms with Crippen LogP contribution in [-0.2, 0) is 0 Å². The number of aromatic nitrogens is 3. The fourth-order valence-electron chi connectivity index (χ4n) is 1.07. The number of pyridine rings is 1. The smallest absolute Gasteiger partial charge is 0.160 e. The third-order valence-electron chi connectivity index (χ3n) is 1.81. The Morgan fingerprint density at radius 3 is 2.73 bits per heavy atom. The summed E-state index contributed by atoms with van der Waals surface area (Å²) in [5.74, 6) is 1.02.